The zero-order valence-electron chi connectivity index (χ0n) is 15.6. The molecule has 1 N–H and O–H groups in total. The maximum Gasteiger partial charge on any atom is 0.416 e. The molecule has 0 saturated heterocycles. The zero-order chi connectivity index (χ0) is 22.3. The molecule has 10 heteroatoms. The number of carbonyl (C=O) groups excluding carboxylic acids is 1. The van der Waals surface area contributed by atoms with Crippen LogP contribution in [0.1, 0.15) is 58.9 Å². The van der Waals surface area contributed by atoms with Gasteiger partial charge in [-0.3, -0.25) is 9.78 Å². The predicted molar refractivity (Wildman–Crippen MR) is 93.0 cm³/mol. The fourth-order valence-electron chi connectivity index (χ4n) is 3.31. The molecule has 0 aliphatic heterocycles. The maximum atomic E-state index is 13.5. The Morgan fingerprint density at radius 3 is 2.43 bits per heavy atom. The van der Waals surface area contributed by atoms with E-state index in [0.717, 1.165) is 0 Å². The number of nitrogens with one attached hydrogen (secondary N) is 1. The van der Waals surface area contributed by atoms with Crippen LogP contribution in [0, 0.1) is 11.7 Å². The van der Waals surface area contributed by atoms with Crippen molar-refractivity contribution in [2.45, 2.75) is 44.1 Å². The third-order valence-electron chi connectivity index (χ3n) is 4.93. The van der Waals surface area contributed by atoms with Crippen LogP contribution in [0.15, 0.2) is 36.5 Å². The number of benzene rings is 1. The maximum absolute atomic E-state index is 13.5. The smallest absolute Gasteiger partial charge is 0.344 e. The summed E-state index contributed by atoms with van der Waals surface area (Å²) in [7, 11) is 0. The van der Waals surface area contributed by atoms with Crippen LogP contribution in [0.5, 0.6) is 0 Å². The van der Waals surface area contributed by atoms with E-state index in [4.69, 9.17) is 0 Å². The van der Waals surface area contributed by atoms with Crippen LogP contribution in [0.4, 0.5) is 30.7 Å². The van der Waals surface area contributed by atoms with Crippen molar-refractivity contribution in [3.63, 3.8) is 0 Å². The summed E-state index contributed by atoms with van der Waals surface area (Å²) in [4.78, 5) is 16.4. The van der Waals surface area contributed by atoms with Crippen LogP contribution in [0.3, 0.4) is 0 Å². The quantitative estimate of drug-likeness (QED) is 0.606. The van der Waals surface area contributed by atoms with Crippen LogP contribution in [0.25, 0.3) is 0 Å². The monoisotopic (exact) mass is 434 g/mol. The van der Waals surface area contributed by atoms with Gasteiger partial charge in [0.1, 0.15) is 5.82 Å². The first-order chi connectivity index (χ1) is 13.8. The van der Waals surface area contributed by atoms with E-state index >= 15 is 0 Å². The number of rotatable bonds is 5. The highest BCUT2D eigenvalue weighted by Gasteiger charge is 2.45. The molecule has 3 rings (SSSR count). The van der Waals surface area contributed by atoms with Crippen molar-refractivity contribution in [1.82, 2.24) is 10.3 Å². The molecule has 1 fully saturated rings. The Labute approximate surface area is 167 Å². The standard InChI is InChI=1S/C20H17F7N2O/c1-10(29-18(30)12-4-14(20(25,26)27)7-15(21)5-12)17-3-2-11(9-28-17)16-6-13(16)8-19(22,23)24/h2-5,7,9-10,13,16H,6,8H2,1H3,(H,29,30)/t10-,13?,16?/m1/s1. The van der Waals surface area contributed by atoms with Gasteiger partial charge in [0.15, 0.2) is 0 Å². The molecular weight excluding hydrogens is 417 g/mol. The number of aromatic nitrogens is 1. The molecule has 3 nitrogen and oxygen atoms in total. The van der Waals surface area contributed by atoms with Crippen molar-refractivity contribution < 1.29 is 35.5 Å². The average molecular weight is 434 g/mol. The van der Waals surface area contributed by atoms with Crippen LogP contribution in [0.2, 0.25) is 0 Å². The number of carbonyl (C=O) groups is 1. The summed E-state index contributed by atoms with van der Waals surface area (Å²) >= 11 is 0. The molecular formula is C20H17F7N2O. The zero-order valence-corrected chi connectivity index (χ0v) is 15.6. The summed E-state index contributed by atoms with van der Waals surface area (Å²) in [5.41, 5.74) is -0.738. The Bertz CT molecular complexity index is 922. The number of pyridine rings is 1. The molecule has 0 spiro atoms. The summed E-state index contributed by atoms with van der Waals surface area (Å²) in [5, 5.41) is 2.44. The topological polar surface area (TPSA) is 42.0 Å². The molecule has 2 unspecified atom stereocenters. The van der Waals surface area contributed by atoms with Crippen LogP contribution in [-0.2, 0) is 6.18 Å². The molecule has 2 aromatic rings. The minimum atomic E-state index is -4.80. The van der Waals surface area contributed by atoms with Crippen LogP contribution in [-0.4, -0.2) is 17.1 Å². The molecule has 1 heterocycles. The molecule has 1 aromatic carbocycles. The lowest BCUT2D eigenvalue weighted by atomic mass is 10.1. The van der Waals surface area contributed by atoms with Crippen molar-refractivity contribution in [2.24, 2.45) is 5.92 Å². The second-order valence-corrected chi connectivity index (χ2v) is 7.36. The molecule has 0 radical (unpaired) electrons. The van der Waals surface area contributed by atoms with Gasteiger partial charge >= 0.3 is 12.4 Å². The Morgan fingerprint density at radius 2 is 1.87 bits per heavy atom. The third-order valence-corrected chi connectivity index (χ3v) is 4.93. The van der Waals surface area contributed by atoms with Crippen molar-refractivity contribution in [3.05, 3.63) is 64.7 Å². The minimum absolute atomic E-state index is 0.217. The Kier molecular flexibility index (Phi) is 5.79. The molecule has 1 aliphatic carbocycles. The summed E-state index contributed by atoms with van der Waals surface area (Å²) in [6, 6.07) is 3.99. The number of alkyl halides is 6. The summed E-state index contributed by atoms with van der Waals surface area (Å²) in [5.74, 6) is -2.79. The van der Waals surface area contributed by atoms with Gasteiger partial charge in [0, 0.05) is 18.2 Å². The summed E-state index contributed by atoms with van der Waals surface area (Å²) < 4.78 is 89.2. The van der Waals surface area contributed by atoms with E-state index < -0.39 is 53.6 Å². The number of halogens is 7. The fraction of sp³-hybridized carbons (Fsp3) is 0.400. The first-order valence-corrected chi connectivity index (χ1v) is 9.05. The lowest BCUT2D eigenvalue weighted by Gasteiger charge is -2.15. The highest BCUT2D eigenvalue weighted by atomic mass is 19.4. The van der Waals surface area contributed by atoms with Crippen molar-refractivity contribution >= 4 is 5.91 Å². The van der Waals surface area contributed by atoms with Gasteiger partial charge in [-0.15, -0.1) is 0 Å². The second-order valence-electron chi connectivity index (χ2n) is 7.36. The number of amides is 1. The van der Waals surface area contributed by atoms with Crippen molar-refractivity contribution in [3.8, 4) is 0 Å². The molecule has 1 aliphatic rings. The first kappa shape index (κ1) is 22.0. The fourth-order valence-corrected chi connectivity index (χ4v) is 3.31. The summed E-state index contributed by atoms with van der Waals surface area (Å²) in [6.07, 6.45) is -8.00. The normalized spacial score (nSPS) is 20.0. The van der Waals surface area contributed by atoms with E-state index in [1.54, 1.807) is 6.07 Å². The molecule has 1 aromatic heterocycles. The number of hydrogen-bond donors (Lipinski definition) is 1. The second kappa shape index (κ2) is 7.88. The van der Waals surface area contributed by atoms with Gasteiger partial charge in [0.25, 0.3) is 5.91 Å². The Hall–Kier alpha value is -2.65. The van der Waals surface area contributed by atoms with Gasteiger partial charge in [0.2, 0.25) is 0 Å². The highest BCUT2D eigenvalue weighted by Crippen LogP contribution is 2.52. The lowest BCUT2D eigenvalue weighted by Crippen LogP contribution is -2.27. The summed E-state index contributed by atoms with van der Waals surface area (Å²) in [6.45, 7) is 1.54. The van der Waals surface area contributed by atoms with E-state index in [2.05, 4.69) is 10.3 Å². The van der Waals surface area contributed by atoms with Crippen molar-refractivity contribution in [1.29, 1.82) is 0 Å². The lowest BCUT2D eigenvalue weighted by molar-refractivity contribution is -0.139. The van der Waals surface area contributed by atoms with Gasteiger partial charge in [-0.05, 0) is 55.0 Å². The van der Waals surface area contributed by atoms with Crippen LogP contribution < -0.4 is 5.32 Å². The SMILES string of the molecule is C[C@@H](NC(=O)c1cc(F)cc(C(F)(F)F)c1)c1ccc(C2CC2CC(F)(F)F)cn1. The van der Waals surface area contributed by atoms with E-state index in [-0.39, 0.29) is 5.92 Å². The van der Waals surface area contributed by atoms with Gasteiger partial charge in [-0.1, -0.05) is 6.07 Å². The third kappa shape index (κ3) is 5.48. The van der Waals surface area contributed by atoms with E-state index in [0.29, 0.717) is 35.9 Å². The molecule has 3 atom stereocenters. The molecule has 30 heavy (non-hydrogen) atoms. The number of hydrogen-bond acceptors (Lipinski definition) is 2. The predicted octanol–water partition coefficient (Wildman–Crippen LogP) is 5.79. The molecule has 162 valence electrons. The van der Waals surface area contributed by atoms with E-state index in [1.807, 2.05) is 0 Å². The van der Waals surface area contributed by atoms with E-state index in [1.165, 1.54) is 19.2 Å². The first-order valence-electron chi connectivity index (χ1n) is 9.05. The molecule has 0 bridgehead atoms. The average Bonchev–Trinajstić information content (AvgIpc) is 3.37. The van der Waals surface area contributed by atoms with E-state index in [9.17, 15) is 35.5 Å². The van der Waals surface area contributed by atoms with Gasteiger partial charge in [-0.2, -0.15) is 26.3 Å². The van der Waals surface area contributed by atoms with Crippen LogP contribution >= 0.6 is 0 Å². The Morgan fingerprint density at radius 1 is 1.17 bits per heavy atom. The molecule has 1 saturated carbocycles. The van der Waals surface area contributed by atoms with Gasteiger partial charge in [-0.25, -0.2) is 4.39 Å². The van der Waals surface area contributed by atoms with Crippen molar-refractivity contribution in [2.75, 3.05) is 0 Å². The number of nitrogens with zero attached hydrogens (tertiary/aromatic N) is 1. The molecule has 1 amide bonds. The highest BCUT2D eigenvalue weighted by molar-refractivity contribution is 5.94. The largest absolute Gasteiger partial charge is 0.416 e. The minimum Gasteiger partial charge on any atom is -0.344 e. The Balaban J connectivity index is 1.65. The van der Waals surface area contributed by atoms with Gasteiger partial charge < -0.3 is 5.32 Å². The van der Waals surface area contributed by atoms with Gasteiger partial charge in [0.05, 0.1) is 17.3 Å².